The molecule has 0 saturated carbocycles. The highest BCUT2D eigenvalue weighted by molar-refractivity contribution is 7.92. The zero-order valence-electron chi connectivity index (χ0n) is 25.4. The molecule has 0 heterocycles. The summed E-state index contributed by atoms with van der Waals surface area (Å²) in [6.07, 6.45) is 0.129. The quantitative estimate of drug-likeness (QED) is 0.170. The van der Waals surface area contributed by atoms with Crippen LogP contribution in [0.25, 0.3) is 0 Å². The van der Waals surface area contributed by atoms with E-state index in [0.717, 1.165) is 9.87 Å². The van der Waals surface area contributed by atoms with Crippen LogP contribution in [0.4, 0.5) is 5.69 Å². The van der Waals surface area contributed by atoms with Crippen LogP contribution in [-0.4, -0.2) is 43.3 Å². The lowest BCUT2D eigenvalue weighted by atomic mass is 10.0. The minimum Gasteiger partial charge on any atom is -0.350 e. The molecule has 4 aromatic rings. The van der Waals surface area contributed by atoms with Crippen LogP contribution >= 0.6 is 46.4 Å². The first-order valence-corrected chi connectivity index (χ1v) is 17.2. The molecule has 0 radical (unpaired) electrons. The van der Waals surface area contributed by atoms with E-state index < -0.39 is 40.0 Å². The minimum atomic E-state index is -4.34. The number of carbonyl (C=O) groups is 2. The van der Waals surface area contributed by atoms with E-state index in [1.165, 1.54) is 35.2 Å². The Labute approximate surface area is 290 Å². The fourth-order valence-electron chi connectivity index (χ4n) is 4.78. The van der Waals surface area contributed by atoms with E-state index in [0.29, 0.717) is 5.56 Å². The molecule has 0 bridgehead atoms. The molecule has 12 heteroatoms. The molecular formula is C34H33Cl4N3O4S. The van der Waals surface area contributed by atoms with Gasteiger partial charge in [-0.15, -0.1) is 0 Å². The van der Waals surface area contributed by atoms with Crippen LogP contribution in [0, 0.1) is 0 Å². The van der Waals surface area contributed by atoms with Crippen molar-refractivity contribution in [3.05, 3.63) is 128 Å². The lowest BCUT2D eigenvalue weighted by molar-refractivity contribution is -0.140. The molecule has 0 aliphatic carbocycles. The third-order valence-electron chi connectivity index (χ3n) is 6.95. The maximum Gasteiger partial charge on any atom is 0.264 e. The fourth-order valence-corrected chi connectivity index (χ4v) is 7.31. The van der Waals surface area contributed by atoms with Gasteiger partial charge in [-0.25, -0.2) is 8.42 Å². The number of hydrogen-bond donors (Lipinski definition) is 1. The van der Waals surface area contributed by atoms with Gasteiger partial charge < -0.3 is 10.2 Å². The third-order valence-corrected chi connectivity index (χ3v) is 9.97. The molecule has 242 valence electrons. The van der Waals surface area contributed by atoms with E-state index >= 15 is 0 Å². The van der Waals surface area contributed by atoms with Crippen LogP contribution in [0.5, 0.6) is 0 Å². The number of hydrogen-bond acceptors (Lipinski definition) is 4. The number of carbonyl (C=O) groups excluding carboxylic acids is 2. The van der Waals surface area contributed by atoms with Gasteiger partial charge in [-0.2, -0.15) is 0 Å². The number of amides is 2. The van der Waals surface area contributed by atoms with Crippen LogP contribution in [-0.2, 0) is 32.6 Å². The molecule has 0 fully saturated rings. The second-order valence-corrected chi connectivity index (χ2v) is 15.1. The van der Waals surface area contributed by atoms with Gasteiger partial charge in [0.2, 0.25) is 11.8 Å². The van der Waals surface area contributed by atoms with Crippen molar-refractivity contribution in [2.75, 3.05) is 10.8 Å². The van der Waals surface area contributed by atoms with Crippen LogP contribution in [0.15, 0.2) is 102 Å². The van der Waals surface area contributed by atoms with Gasteiger partial charge in [0.1, 0.15) is 12.6 Å². The smallest absolute Gasteiger partial charge is 0.264 e. The van der Waals surface area contributed by atoms with E-state index in [4.69, 9.17) is 46.4 Å². The topological polar surface area (TPSA) is 86.8 Å². The maximum atomic E-state index is 14.6. The first-order chi connectivity index (χ1) is 21.7. The van der Waals surface area contributed by atoms with Crippen molar-refractivity contribution in [1.29, 1.82) is 0 Å². The van der Waals surface area contributed by atoms with Gasteiger partial charge in [-0.1, -0.05) is 101 Å². The molecule has 4 rings (SSSR count). The molecular weight excluding hydrogens is 688 g/mol. The first-order valence-electron chi connectivity index (χ1n) is 14.3. The van der Waals surface area contributed by atoms with Crippen LogP contribution in [0.3, 0.4) is 0 Å². The number of nitrogens with one attached hydrogen (secondary N) is 1. The standard InChI is InChI=1S/C34H33Cl4N3O4S/c1-34(2,3)39-33(43)31(19-23-11-6-4-7-12-23)40(21-26-27(36)15-10-16-28(26)37)32(42)22-41(30-18-17-24(35)20-29(30)38)46(44,45)25-13-8-5-9-14-25/h4-18,20,31H,19,21-22H2,1-3H3,(H,39,43)/t31-/m0/s1. The lowest BCUT2D eigenvalue weighted by Gasteiger charge is -2.35. The van der Waals surface area contributed by atoms with Gasteiger partial charge in [0.15, 0.2) is 0 Å². The monoisotopic (exact) mass is 719 g/mol. The summed E-state index contributed by atoms with van der Waals surface area (Å²) >= 11 is 25.8. The number of anilines is 1. The highest BCUT2D eigenvalue weighted by atomic mass is 35.5. The van der Waals surface area contributed by atoms with Crippen molar-refractivity contribution in [1.82, 2.24) is 10.2 Å². The first kappa shape index (κ1) is 35.6. The Kier molecular flexibility index (Phi) is 11.7. The molecule has 46 heavy (non-hydrogen) atoms. The van der Waals surface area contributed by atoms with Crippen molar-refractivity contribution < 1.29 is 18.0 Å². The molecule has 0 spiro atoms. The van der Waals surface area contributed by atoms with Gasteiger partial charge in [-0.3, -0.25) is 13.9 Å². The largest absolute Gasteiger partial charge is 0.350 e. The molecule has 0 unspecified atom stereocenters. The average molecular weight is 722 g/mol. The van der Waals surface area contributed by atoms with Crippen molar-refractivity contribution in [2.24, 2.45) is 0 Å². The highest BCUT2D eigenvalue weighted by Crippen LogP contribution is 2.34. The second-order valence-electron chi connectivity index (χ2n) is 11.6. The molecule has 2 amide bonds. The van der Waals surface area contributed by atoms with Crippen LogP contribution < -0.4 is 9.62 Å². The summed E-state index contributed by atoms with van der Waals surface area (Å²) < 4.78 is 29.2. The van der Waals surface area contributed by atoms with E-state index in [-0.39, 0.29) is 43.6 Å². The SMILES string of the molecule is CC(C)(C)NC(=O)[C@H](Cc1ccccc1)N(Cc1c(Cl)cccc1Cl)C(=O)CN(c1ccc(Cl)cc1Cl)S(=O)(=O)c1ccccc1. The summed E-state index contributed by atoms with van der Waals surface area (Å²) in [4.78, 5) is 29.9. The lowest BCUT2D eigenvalue weighted by Crippen LogP contribution is -2.56. The molecule has 0 aromatic heterocycles. The number of sulfonamides is 1. The maximum absolute atomic E-state index is 14.6. The molecule has 1 atom stereocenters. The van der Waals surface area contributed by atoms with E-state index in [1.807, 2.05) is 51.1 Å². The number of halogens is 4. The summed E-state index contributed by atoms with van der Waals surface area (Å²) in [6, 6.07) is 25.1. The average Bonchev–Trinajstić information content (AvgIpc) is 2.99. The van der Waals surface area contributed by atoms with Crippen molar-refractivity contribution in [3.63, 3.8) is 0 Å². The molecule has 7 nitrogen and oxygen atoms in total. The zero-order chi connectivity index (χ0) is 33.6. The Morgan fingerprint density at radius 3 is 1.93 bits per heavy atom. The number of nitrogens with zero attached hydrogens (tertiary/aromatic N) is 2. The van der Waals surface area contributed by atoms with E-state index in [9.17, 15) is 18.0 Å². The van der Waals surface area contributed by atoms with E-state index in [2.05, 4.69) is 5.32 Å². The van der Waals surface area contributed by atoms with Gasteiger partial charge in [0, 0.05) is 39.1 Å². The van der Waals surface area contributed by atoms with Gasteiger partial charge >= 0.3 is 0 Å². The summed E-state index contributed by atoms with van der Waals surface area (Å²) in [5, 5.41) is 3.86. The van der Waals surface area contributed by atoms with Gasteiger partial charge in [0.25, 0.3) is 10.0 Å². The summed E-state index contributed by atoms with van der Waals surface area (Å²) in [6.45, 7) is 4.61. The van der Waals surface area contributed by atoms with Crippen molar-refractivity contribution >= 4 is 73.9 Å². The Balaban J connectivity index is 1.87. The summed E-state index contributed by atoms with van der Waals surface area (Å²) in [5.41, 5.74) is 0.595. The minimum absolute atomic E-state index is 0.0202. The Morgan fingerprint density at radius 1 is 0.783 bits per heavy atom. The Hall–Kier alpha value is -3.27. The van der Waals surface area contributed by atoms with Crippen molar-refractivity contribution in [2.45, 2.75) is 50.2 Å². The second kappa shape index (κ2) is 15.1. The van der Waals surface area contributed by atoms with Gasteiger partial charge in [0.05, 0.1) is 15.6 Å². The predicted molar refractivity (Wildman–Crippen MR) is 186 cm³/mol. The molecule has 0 aliphatic rings. The summed E-state index contributed by atoms with van der Waals surface area (Å²) in [7, 11) is -4.34. The fraction of sp³-hybridized carbons (Fsp3) is 0.235. The Bertz CT molecular complexity index is 1780. The summed E-state index contributed by atoms with van der Waals surface area (Å²) in [5.74, 6) is -1.12. The van der Waals surface area contributed by atoms with Crippen LogP contribution in [0.1, 0.15) is 31.9 Å². The van der Waals surface area contributed by atoms with Crippen LogP contribution in [0.2, 0.25) is 20.1 Å². The zero-order valence-corrected chi connectivity index (χ0v) is 29.2. The van der Waals surface area contributed by atoms with Crippen molar-refractivity contribution in [3.8, 4) is 0 Å². The molecule has 0 saturated heterocycles. The van der Waals surface area contributed by atoms with E-state index in [1.54, 1.807) is 36.4 Å². The molecule has 4 aromatic carbocycles. The Morgan fingerprint density at radius 2 is 1.37 bits per heavy atom. The third kappa shape index (κ3) is 8.96. The highest BCUT2D eigenvalue weighted by Gasteiger charge is 2.36. The molecule has 0 aliphatic heterocycles. The normalized spacial score (nSPS) is 12.3. The predicted octanol–water partition coefficient (Wildman–Crippen LogP) is 8.05. The van der Waals surface area contributed by atoms with Gasteiger partial charge in [-0.05, 0) is 68.8 Å². The number of benzene rings is 4. The molecule has 1 N–H and O–H groups in total. The number of rotatable bonds is 11.